The van der Waals surface area contributed by atoms with Crippen molar-refractivity contribution in [2.45, 2.75) is 45.1 Å². The second-order valence-corrected chi connectivity index (χ2v) is 5.70. The normalized spacial score (nSPS) is 23.1. The lowest BCUT2D eigenvalue weighted by atomic mass is 10.1. The lowest BCUT2D eigenvalue weighted by Gasteiger charge is -2.39. The van der Waals surface area contributed by atoms with Crippen LogP contribution in [0, 0.1) is 5.92 Å². The third-order valence-corrected chi connectivity index (χ3v) is 4.31. The van der Waals surface area contributed by atoms with Gasteiger partial charge in [0.15, 0.2) is 0 Å². The molecule has 1 aliphatic carbocycles. The van der Waals surface area contributed by atoms with Crippen LogP contribution >= 0.6 is 0 Å². The molecule has 104 valence electrons. The van der Waals surface area contributed by atoms with Crippen molar-refractivity contribution in [2.24, 2.45) is 11.7 Å². The van der Waals surface area contributed by atoms with E-state index < -0.39 is 0 Å². The number of nitrogens with two attached hydrogens (primary N) is 1. The highest BCUT2D eigenvalue weighted by Crippen LogP contribution is 2.33. The van der Waals surface area contributed by atoms with Gasteiger partial charge in [-0.2, -0.15) is 0 Å². The minimum atomic E-state index is 0.379. The van der Waals surface area contributed by atoms with Gasteiger partial charge in [-0.1, -0.05) is 6.92 Å². The molecule has 0 spiro atoms. The van der Waals surface area contributed by atoms with Gasteiger partial charge < -0.3 is 10.6 Å². The number of carbonyl (C=O) groups is 1. The number of rotatable bonds is 6. The Morgan fingerprint density at radius 1 is 1.28 bits per heavy atom. The van der Waals surface area contributed by atoms with E-state index in [1.165, 1.54) is 12.8 Å². The van der Waals surface area contributed by atoms with Crippen molar-refractivity contribution in [1.29, 1.82) is 0 Å². The monoisotopic (exact) mass is 253 g/mol. The summed E-state index contributed by atoms with van der Waals surface area (Å²) in [6, 6.07) is 0.607. The average molecular weight is 253 g/mol. The summed E-state index contributed by atoms with van der Waals surface area (Å²) >= 11 is 0. The summed E-state index contributed by atoms with van der Waals surface area (Å²) in [5.74, 6) is 1.08. The fraction of sp³-hybridized carbons (Fsp3) is 0.929. The topological polar surface area (TPSA) is 49.6 Å². The van der Waals surface area contributed by atoms with Gasteiger partial charge in [-0.15, -0.1) is 0 Å². The number of carbonyl (C=O) groups excluding carboxylic acids is 1. The van der Waals surface area contributed by atoms with E-state index in [2.05, 4.69) is 16.7 Å². The fourth-order valence-electron chi connectivity index (χ4n) is 2.87. The summed E-state index contributed by atoms with van der Waals surface area (Å²) in [7, 11) is 0. The smallest absolute Gasteiger partial charge is 0.222 e. The average Bonchev–Trinajstić information content (AvgIpc) is 3.20. The molecule has 1 saturated carbocycles. The number of nitrogens with zero attached hydrogens (tertiary/aromatic N) is 2. The third kappa shape index (κ3) is 3.69. The molecule has 0 aromatic heterocycles. The first kappa shape index (κ1) is 13.8. The van der Waals surface area contributed by atoms with E-state index in [-0.39, 0.29) is 0 Å². The van der Waals surface area contributed by atoms with Crippen LogP contribution in [0.25, 0.3) is 0 Å². The maximum absolute atomic E-state index is 12.0. The van der Waals surface area contributed by atoms with Crippen molar-refractivity contribution in [2.75, 3.05) is 32.7 Å². The van der Waals surface area contributed by atoms with E-state index in [0.717, 1.165) is 52.0 Å². The van der Waals surface area contributed by atoms with Crippen LogP contribution in [0.2, 0.25) is 0 Å². The van der Waals surface area contributed by atoms with E-state index in [9.17, 15) is 4.79 Å². The van der Waals surface area contributed by atoms with Crippen molar-refractivity contribution in [3.05, 3.63) is 0 Å². The molecule has 4 nitrogen and oxygen atoms in total. The van der Waals surface area contributed by atoms with Crippen molar-refractivity contribution in [3.8, 4) is 0 Å². The first-order valence-electron chi connectivity index (χ1n) is 7.46. The minimum absolute atomic E-state index is 0.379. The summed E-state index contributed by atoms with van der Waals surface area (Å²) in [6.07, 6.45) is 5.56. The zero-order valence-electron chi connectivity index (χ0n) is 11.6. The van der Waals surface area contributed by atoms with Crippen LogP contribution in [0.3, 0.4) is 0 Å². The maximum Gasteiger partial charge on any atom is 0.222 e. The van der Waals surface area contributed by atoms with Crippen molar-refractivity contribution in [3.63, 3.8) is 0 Å². The Morgan fingerprint density at radius 3 is 2.44 bits per heavy atom. The SMILES string of the molecule is CCC(CCN)N1CCN(C(=O)CC2CC2)CC1. The first-order chi connectivity index (χ1) is 8.74. The van der Waals surface area contributed by atoms with Crippen LogP contribution in [0.5, 0.6) is 0 Å². The predicted octanol–water partition coefficient (Wildman–Crippen LogP) is 1.06. The van der Waals surface area contributed by atoms with Gasteiger partial charge in [-0.3, -0.25) is 9.69 Å². The van der Waals surface area contributed by atoms with Gasteiger partial charge in [-0.25, -0.2) is 0 Å². The van der Waals surface area contributed by atoms with Crippen LogP contribution < -0.4 is 5.73 Å². The highest BCUT2D eigenvalue weighted by atomic mass is 16.2. The summed E-state index contributed by atoms with van der Waals surface area (Å²) in [4.78, 5) is 16.6. The standard InChI is InChI=1S/C14H27N3O/c1-2-13(5-6-15)16-7-9-17(10-8-16)14(18)11-12-3-4-12/h12-13H,2-11,15H2,1H3. The Hall–Kier alpha value is -0.610. The van der Waals surface area contributed by atoms with Gasteiger partial charge in [0.25, 0.3) is 0 Å². The molecule has 1 saturated heterocycles. The van der Waals surface area contributed by atoms with Crippen molar-refractivity contribution >= 4 is 5.91 Å². The molecule has 1 aliphatic heterocycles. The summed E-state index contributed by atoms with van der Waals surface area (Å²) < 4.78 is 0. The first-order valence-corrected chi connectivity index (χ1v) is 7.46. The minimum Gasteiger partial charge on any atom is -0.340 e. The lowest BCUT2D eigenvalue weighted by Crippen LogP contribution is -2.52. The van der Waals surface area contributed by atoms with Crippen LogP contribution in [-0.2, 0) is 4.79 Å². The van der Waals surface area contributed by atoms with Crippen LogP contribution in [0.4, 0.5) is 0 Å². The highest BCUT2D eigenvalue weighted by molar-refractivity contribution is 5.76. The second-order valence-electron chi connectivity index (χ2n) is 5.70. The molecule has 2 aliphatic rings. The van der Waals surface area contributed by atoms with Crippen molar-refractivity contribution < 1.29 is 4.79 Å². The van der Waals surface area contributed by atoms with Gasteiger partial charge in [0, 0.05) is 38.6 Å². The zero-order valence-corrected chi connectivity index (χ0v) is 11.6. The van der Waals surface area contributed by atoms with Crippen molar-refractivity contribution in [1.82, 2.24) is 9.80 Å². The molecule has 0 bridgehead atoms. The van der Waals surface area contributed by atoms with E-state index in [4.69, 9.17) is 5.73 Å². The molecule has 18 heavy (non-hydrogen) atoms. The van der Waals surface area contributed by atoms with Gasteiger partial charge in [-0.05, 0) is 38.1 Å². The molecule has 0 radical (unpaired) electrons. The second kappa shape index (κ2) is 6.53. The van der Waals surface area contributed by atoms with Crippen LogP contribution in [0.15, 0.2) is 0 Å². The molecule has 1 atom stereocenters. The van der Waals surface area contributed by atoms with Crippen LogP contribution in [-0.4, -0.2) is 54.5 Å². The van der Waals surface area contributed by atoms with Gasteiger partial charge in [0.1, 0.15) is 0 Å². The molecule has 2 rings (SSSR count). The molecule has 2 N–H and O–H groups in total. The van der Waals surface area contributed by atoms with Crippen LogP contribution in [0.1, 0.15) is 39.0 Å². The quantitative estimate of drug-likeness (QED) is 0.770. The van der Waals surface area contributed by atoms with E-state index in [1.54, 1.807) is 0 Å². The Labute approximate surface area is 110 Å². The molecule has 0 aromatic carbocycles. The number of amides is 1. The predicted molar refractivity (Wildman–Crippen MR) is 73.2 cm³/mol. The molecule has 4 heteroatoms. The molecular weight excluding hydrogens is 226 g/mol. The number of piperazine rings is 1. The van der Waals surface area contributed by atoms with E-state index >= 15 is 0 Å². The summed E-state index contributed by atoms with van der Waals surface area (Å²) in [5.41, 5.74) is 5.66. The largest absolute Gasteiger partial charge is 0.340 e. The molecular formula is C14H27N3O. The Kier molecular flexibility index (Phi) is 5.01. The number of hydrogen-bond donors (Lipinski definition) is 1. The highest BCUT2D eigenvalue weighted by Gasteiger charge is 2.29. The van der Waals surface area contributed by atoms with Gasteiger partial charge in [0.05, 0.1) is 0 Å². The fourth-order valence-corrected chi connectivity index (χ4v) is 2.87. The van der Waals surface area contributed by atoms with Gasteiger partial charge in [0.2, 0.25) is 5.91 Å². The summed E-state index contributed by atoms with van der Waals surface area (Å²) in [5, 5.41) is 0. The Morgan fingerprint density at radius 2 is 1.94 bits per heavy atom. The Bertz CT molecular complexity index is 270. The Balaban J connectivity index is 1.74. The molecule has 1 heterocycles. The van der Waals surface area contributed by atoms with E-state index in [0.29, 0.717) is 17.9 Å². The summed E-state index contributed by atoms with van der Waals surface area (Å²) in [6.45, 7) is 6.85. The van der Waals surface area contributed by atoms with Gasteiger partial charge >= 0.3 is 0 Å². The molecule has 2 fully saturated rings. The third-order valence-electron chi connectivity index (χ3n) is 4.31. The molecule has 1 amide bonds. The maximum atomic E-state index is 12.0. The lowest BCUT2D eigenvalue weighted by molar-refractivity contribution is -0.133. The number of hydrogen-bond acceptors (Lipinski definition) is 3. The van der Waals surface area contributed by atoms with E-state index in [1.807, 2.05) is 0 Å². The molecule has 1 unspecified atom stereocenters. The zero-order chi connectivity index (χ0) is 13.0. The molecule has 0 aromatic rings.